The molecular formula is C19H23NO2. The molecule has 4 atom stereocenters. The number of carbonyl (C=O) groups excluding carboxylic acids is 1. The smallest absolute Gasteiger partial charge is 0.310 e. The lowest BCUT2D eigenvalue weighted by Gasteiger charge is -2.38. The summed E-state index contributed by atoms with van der Waals surface area (Å²) in [5.41, 5.74) is 0.636. The molecule has 0 spiro atoms. The highest BCUT2D eigenvalue weighted by Crippen LogP contribution is 2.45. The Morgan fingerprint density at radius 2 is 2.05 bits per heavy atom. The van der Waals surface area contributed by atoms with Gasteiger partial charge in [-0.25, -0.2) is 0 Å². The van der Waals surface area contributed by atoms with E-state index in [0.29, 0.717) is 11.8 Å². The maximum absolute atomic E-state index is 12.8. The van der Waals surface area contributed by atoms with E-state index in [9.17, 15) is 4.79 Å². The highest BCUT2D eigenvalue weighted by Gasteiger charge is 2.45. The Bertz CT molecular complexity index is 574. The normalized spacial score (nSPS) is 36.5. The van der Waals surface area contributed by atoms with Crippen molar-refractivity contribution in [2.45, 2.75) is 31.3 Å². The molecule has 2 bridgehead atoms. The van der Waals surface area contributed by atoms with Crippen molar-refractivity contribution >= 4 is 5.97 Å². The average Bonchev–Trinajstić information content (AvgIpc) is 3.20. The Morgan fingerprint density at radius 3 is 2.68 bits per heavy atom. The molecule has 1 aliphatic heterocycles. The monoisotopic (exact) mass is 297 g/mol. The second-order valence-corrected chi connectivity index (χ2v) is 6.95. The van der Waals surface area contributed by atoms with E-state index in [1.54, 1.807) is 0 Å². The van der Waals surface area contributed by atoms with Crippen molar-refractivity contribution in [1.29, 1.82) is 0 Å². The number of hydrogen-bond donors (Lipinski definition) is 1. The van der Waals surface area contributed by atoms with Crippen LogP contribution in [-0.2, 0) is 15.1 Å². The van der Waals surface area contributed by atoms with E-state index >= 15 is 0 Å². The van der Waals surface area contributed by atoms with E-state index in [2.05, 4.69) is 29.6 Å². The molecule has 3 aliphatic rings. The molecule has 0 radical (unpaired) electrons. The first-order valence-electron chi connectivity index (χ1n) is 8.44. The van der Waals surface area contributed by atoms with Crippen LogP contribution in [0.15, 0.2) is 42.5 Å². The van der Waals surface area contributed by atoms with Crippen LogP contribution in [-0.4, -0.2) is 19.1 Å². The third kappa shape index (κ3) is 2.38. The molecule has 116 valence electrons. The van der Waals surface area contributed by atoms with Gasteiger partial charge in [0, 0.05) is 6.54 Å². The van der Waals surface area contributed by atoms with Gasteiger partial charge >= 0.3 is 5.97 Å². The number of carbonyl (C=O) groups is 1. The van der Waals surface area contributed by atoms with Crippen LogP contribution in [0.5, 0.6) is 0 Å². The molecule has 3 nitrogen and oxygen atoms in total. The zero-order valence-electron chi connectivity index (χ0n) is 12.8. The number of allylic oxidation sites excluding steroid dienone is 2. The number of fused-ring (bicyclic) bond motifs is 2. The number of nitrogens with one attached hydrogen (secondary N) is 1. The standard InChI is InChI=1S/C19H23NO2/c21-18(17-12-14-7-8-15(17)11-14)22-19(9-4-10-20-13-19)16-5-2-1-3-6-16/h1-3,5-8,14-15,17,20H,4,9-13H2. The van der Waals surface area contributed by atoms with Crippen molar-refractivity contribution in [3.05, 3.63) is 48.0 Å². The minimum atomic E-state index is -0.484. The van der Waals surface area contributed by atoms with Gasteiger partial charge in [-0.2, -0.15) is 0 Å². The van der Waals surface area contributed by atoms with Crippen LogP contribution in [0.1, 0.15) is 31.2 Å². The van der Waals surface area contributed by atoms with Gasteiger partial charge in [-0.3, -0.25) is 4.79 Å². The zero-order chi connectivity index (χ0) is 15.0. The Balaban J connectivity index is 1.56. The first-order chi connectivity index (χ1) is 10.8. The fourth-order valence-electron chi connectivity index (χ4n) is 4.33. The highest BCUT2D eigenvalue weighted by atomic mass is 16.6. The van der Waals surface area contributed by atoms with Gasteiger partial charge in [0.05, 0.1) is 5.92 Å². The van der Waals surface area contributed by atoms with E-state index < -0.39 is 5.60 Å². The summed E-state index contributed by atoms with van der Waals surface area (Å²) in [4.78, 5) is 12.8. The molecule has 1 heterocycles. The second kappa shape index (κ2) is 5.54. The molecule has 2 aliphatic carbocycles. The van der Waals surface area contributed by atoms with Crippen molar-refractivity contribution in [3.63, 3.8) is 0 Å². The van der Waals surface area contributed by atoms with Crippen LogP contribution in [0.25, 0.3) is 0 Å². The molecule has 1 aromatic rings. The van der Waals surface area contributed by atoms with Crippen molar-refractivity contribution in [2.24, 2.45) is 17.8 Å². The van der Waals surface area contributed by atoms with E-state index in [1.165, 1.54) is 0 Å². The Labute approximate surface area is 131 Å². The Hall–Kier alpha value is -1.61. The van der Waals surface area contributed by atoms with Crippen LogP contribution in [0.3, 0.4) is 0 Å². The van der Waals surface area contributed by atoms with Crippen molar-refractivity contribution in [2.75, 3.05) is 13.1 Å². The van der Waals surface area contributed by atoms with Crippen LogP contribution < -0.4 is 5.32 Å². The average molecular weight is 297 g/mol. The van der Waals surface area contributed by atoms with Gasteiger partial charge in [0.2, 0.25) is 0 Å². The maximum Gasteiger partial charge on any atom is 0.310 e. The van der Waals surface area contributed by atoms with Crippen LogP contribution in [0, 0.1) is 17.8 Å². The van der Waals surface area contributed by atoms with Crippen LogP contribution in [0.4, 0.5) is 0 Å². The summed E-state index contributed by atoms with van der Waals surface area (Å²) in [6.45, 7) is 1.72. The third-order valence-electron chi connectivity index (χ3n) is 5.52. The molecule has 22 heavy (non-hydrogen) atoms. The van der Waals surface area contributed by atoms with Gasteiger partial charge in [-0.05, 0) is 49.6 Å². The molecule has 1 saturated heterocycles. The molecule has 3 heteroatoms. The lowest BCUT2D eigenvalue weighted by molar-refractivity contribution is -0.169. The number of ether oxygens (including phenoxy) is 1. The van der Waals surface area contributed by atoms with Crippen LogP contribution >= 0.6 is 0 Å². The van der Waals surface area contributed by atoms with Gasteiger partial charge < -0.3 is 10.1 Å². The fourth-order valence-corrected chi connectivity index (χ4v) is 4.33. The first kappa shape index (κ1) is 14.0. The van der Waals surface area contributed by atoms with Crippen LogP contribution in [0.2, 0.25) is 0 Å². The number of hydrogen-bond acceptors (Lipinski definition) is 3. The first-order valence-corrected chi connectivity index (χ1v) is 8.44. The van der Waals surface area contributed by atoms with Gasteiger partial charge in [0.1, 0.15) is 5.60 Å². The maximum atomic E-state index is 12.8. The molecule has 4 unspecified atom stereocenters. The summed E-state index contributed by atoms with van der Waals surface area (Å²) in [5.74, 6) is 1.07. The number of esters is 1. The molecule has 1 N–H and O–H groups in total. The SMILES string of the molecule is O=C(OC1(c2ccccc2)CCCNC1)C1CC2C=CC1C2. The van der Waals surface area contributed by atoms with Gasteiger partial charge in [0.25, 0.3) is 0 Å². The van der Waals surface area contributed by atoms with E-state index in [4.69, 9.17) is 4.74 Å². The lowest BCUT2D eigenvalue weighted by Crippen LogP contribution is -2.47. The lowest BCUT2D eigenvalue weighted by atomic mass is 9.85. The summed E-state index contributed by atoms with van der Waals surface area (Å²) < 4.78 is 6.17. The fraction of sp³-hybridized carbons (Fsp3) is 0.526. The third-order valence-corrected chi connectivity index (χ3v) is 5.52. The second-order valence-electron chi connectivity index (χ2n) is 6.95. The molecule has 1 saturated carbocycles. The summed E-state index contributed by atoms with van der Waals surface area (Å²) >= 11 is 0. The summed E-state index contributed by atoms with van der Waals surface area (Å²) in [7, 11) is 0. The van der Waals surface area contributed by atoms with Gasteiger partial charge in [0.15, 0.2) is 0 Å². The van der Waals surface area contributed by atoms with E-state index in [1.807, 2.05) is 18.2 Å². The summed E-state index contributed by atoms with van der Waals surface area (Å²) in [6.07, 6.45) is 8.54. The number of benzene rings is 1. The van der Waals surface area contributed by atoms with E-state index in [-0.39, 0.29) is 11.9 Å². The van der Waals surface area contributed by atoms with Gasteiger partial charge in [-0.1, -0.05) is 42.5 Å². The molecular weight excluding hydrogens is 274 g/mol. The molecule has 4 rings (SSSR count). The number of rotatable bonds is 3. The quantitative estimate of drug-likeness (QED) is 0.688. The molecule has 0 aromatic heterocycles. The topological polar surface area (TPSA) is 38.3 Å². The van der Waals surface area contributed by atoms with Crippen molar-refractivity contribution in [1.82, 2.24) is 5.32 Å². The Kier molecular flexibility index (Phi) is 3.53. The van der Waals surface area contributed by atoms with E-state index in [0.717, 1.165) is 44.3 Å². The van der Waals surface area contributed by atoms with Crippen molar-refractivity contribution in [3.8, 4) is 0 Å². The molecule has 0 amide bonds. The summed E-state index contributed by atoms with van der Waals surface area (Å²) in [6, 6.07) is 10.2. The summed E-state index contributed by atoms with van der Waals surface area (Å²) in [5, 5.41) is 3.41. The number of piperidine rings is 1. The van der Waals surface area contributed by atoms with Gasteiger partial charge in [-0.15, -0.1) is 0 Å². The minimum Gasteiger partial charge on any atom is -0.453 e. The largest absolute Gasteiger partial charge is 0.453 e. The highest BCUT2D eigenvalue weighted by molar-refractivity contribution is 5.74. The molecule has 1 aromatic carbocycles. The minimum absolute atomic E-state index is 0.00408. The van der Waals surface area contributed by atoms with Crippen molar-refractivity contribution < 1.29 is 9.53 Å². The predicted octanol–water partition coefficient (Wildman–Crippen LogP) is 3.02. The zero-order valence-corrected chi connectivity index (χ0v) is 12.8. The predicted molar refractivity (Wildman–Crippen MR) is 85.2 cm³/mol. The molecule has 2 fully saturated rings. The Morgan fingerprint density at radius 1 is 1.18 bits per heavy atom.